The van der Waals surface area contributed by atoms with Crippen molar-refractivity contribution in [2.45, 2.75) is 11.5 Å². The van der Waals surface area contributed by atoms with Gasteiger partial charge in [0.15, 0.2) is 5.75 Å². The van der Waals surface area contributed by atoms with E-state index in [-0.39, 0.29) is 28.5 Å². The lowest BCUT2D eigenvalue weighted by atomic mass is 10.2. The molecule has 1 fully saturated rings. The fourth-order valence-corrected chi connectivity index (χ4v) is 4.24. The molecular formula is C18H18N2O7S. The van der Waals surface area contributed by atoms with Gasteiger partial charge in [-0.05, 0) is 29.8 Å². The second kappa shape index (κ2) is 8.46. The Morgan fingerprint density at radius 2 is 1.93 bits per heavy atom. The molecule has 0 amide bonds. The minimum absolute atomic E-state index is 0.00274. The van der Waals surface area contributed by atoms with Crippen LogP contribution in [0, 0.1) is 10.1 Å². The first-order chi connectivity index (χ1) is 13.4. The summed E-state index contributed by atoms with van der Waals surface area (Å²) in [5, 5.41) is 11.2. The lowest BCUT2D eigenvalue weighted by Gasteiger charge is -2.26. The molecule has 0 spiro atoms. The third-order valence-corrected chi connectivity index (χ3v) is 6.11. The van der Waals surface area contributed by atoms with Gasteiger partial charge >= 0.3 is 5.69 Å². The van der Waals surface area contributed by atoms with Crippen molar-refractivity contribution < 1.29 is 27.6 Å². The van der Waals surface area contributed by atoms with Crippen LogP contribution >= 0.6 is 0 Å². The van der Waals surface area contributed by atoms with Crippen molar-refractivity contribution in [1.82, 2.24) is 4.31 Å². The van der Waals surface area contributed by atoms with E-state index in [4.69, 9.17) is 9.47 Å². The molecule has 0 atom stereocenters. The number of benzene rings is 2. The van der Waals surface area contributed by atoms with Gasteiger partial charge in [-0.15, -0.1) is 0 Å². The zero-order valence-electron chi connectivity index (χ0n) is 14.8. The van der Waals surface area contributed by atoms with Crippen molar-refractivity contribution in [3.8, 4) is 5.75 Å². The average molecular weight is 406 g/mol. The first-order valence-corrected chi connectivity index (χ1v) is 9.89. The van der Waals surface area contributed by atoms with Gasteiger partial charge in [-0.1, -0.05) is 12.1 Å². The molecule has 2 aromatic carbocycles. The molecule has 0 N–H and O–H groups in total. The van der Waals surface area contributed by atoms with E-state index in [0.717, 1.165) is 6.07 Å². The molecule has 1 aliphatic heterocycles. The number of carbonyl (C=O) groups is 1. The van der Waals surface area contributed by atoms with Crippen LogP contribution in [0.5, 0.6) is 5.75 Å². The molecule has 0 aliphatic carbocycles. The highest BCUT2D eigenvalue weighted by Gasteiger charge is 2.26. The average Bonchev–Trinajstić information content (AvgIpc) is 2.73. The number of sulfonamides is 1. The van der Waals surface area contributed by atoms with Crippen LogP contribution in [-0.4, -0.2) is 50.2 Å². The molecule has 1 saturated heterocycles. The number of nitro benzene ring substituents is 1. The summed E-state index contributed by atoms with van der Waals surface area (Å²) in [7, 11) is -3.65. The van der Waals surface area contributed by atoms with Crippen molar-refractivity contribution in [2.24, 2.45) is 0 Å². The Morgan fingerprint density at radius 1 is 1.18 bits per heavy atom. The second-order valence-electron chi connectivity index (χ2n) is 6.05. The van der Waals surface area contributed by atoms with Crippen molar-refractivity contribution in [3.63, 3.8) is 0 Å². The number of hydrogen-bond acceptors (Lipinski definition) is 7. The first-order valence-electron chi connectivity index (χ1n) is 8.45. The quantitative estimate of drug-likeness (QED) is 0.392. The van der Waals surface area contributed by atoms with Crippen molar-refractivity contribution in [1.29, 1.82) is 0 Å². The van der Waals surface area contributed by atoms with Gasteiger partial charge in [-0.2, -0.15) is 4.31 Å². The van der Waals surface area contributed by atoms with Crippen LogP contribution in [-0.2, 0) is 21.4 Å². The molecule has 0 radical (unpaired) electrons. The van der Waals surface area contributed by atoms with Crippen LogP contribution in [0.2, 0.25) is 0 Å². The van der Waals surface area contributed by atoms with Crippen LogP contribution in [0.3, 0.4) is 0 Å². The predicted molar refractivity (Wildman–Crippen MR) is 98.8 cm³/mol. The van der Waals surface area contributed by atoms with E-state index >= 15 is 0 Å². The molecule has 0 aromatic heterocycles. The third-order valence-electron chi connectivity index (χ3n) is 4.22. The van der Waals surface area contributed by atoms with Crippen LogP contribution < -0.4 is 4.74 Å². The van der Waals surface area contributed by atoms with Crippen LogP contribution in [0.15, 0.2) is 47.4 Å². The standard InChI is InChI=1S/C18H18N2O7S/c21-12-14-4-5-18(17(11-14)20(22)23)27-13-15-2-1-3-16(10-15)28(24,25)19-6-8-26-9-7-19/h1-5,10-12H,6-9,13H2. The molecule has 0 unspecified atom stereocenters. The van der Waals surface area contributed by atoms with Crippen LogP contribution in [0.4, 0.5) is 5.69 Å². The number of carbonyl (C=O) groups excluding carboxylic acids is 1. The Labute approximate surface area is 161 Å². The minimum Gasteiger partial charge on any atom is -0.482 e. The lowest BCUT2D eigenvalue weighted by molar-refractivity contribution is -0.386. The maximum atomic E-state index is 12.7. The van der Waals surface area contributed by atoms with Crippen LogP contribution in [0.25, 0.3) is 0 Å². The maximum absolute atomic E-state index is 12.7. The largest absolute Gasteiger partial charge is 0.482 e. The van der Waals surface area contributed by atoms with Gasteiger partial charge in [0.2, 0.25) is 10.0 Å². The number of ether oxygens (including phenoxy) is 2. The lowest BCUT2D eigenvalue weighted by Crippen LogP contribution is -2.40. The van der Waals surface area contributed by atoms with E-state index in [1.807, 2.05) is 0 Å². The monoisotopic (exact) mass is 406 g/mol. The number of rotatable bonds is 7. The Kier molecular flexibility index (Phi) is 6.02. The van der Waals surface area contributed by atoms with Gasteiger partial charge in [-0.25, -0.2) is 8.42 Å². The van der Waals surface area contributed by atoms with E-state index in [2.05, 4.69) is 0 Å². The van der Waals surface area contributed by atoms with Crippen molar-refractivity contribution in [3.05, 3.63) is 63.7 Å². The highest BCUT2D eigenvalue weighted by molar-refractivity contribution is 7.89. The maximum Gasteiger partial charge on any atom is 0.311 e. The number of nitrogens with zero attached hydrogens (tertiary/aromatic N) is 2. The fourth-order valence-electron chi connectivity index (χ4n) is 2.77. The minimum atomic E-state index is -3.65. The van der Waals surface area contributed by atoms with Gasteiger partial charge in [0.1, 0.15) is 12.9 Å². The fraction of sp³-hybridized carbons (Fsp3) is 0.278. The molecular weight excluding hydrogens is 388 g/mol. The molecule has 0 saturated carbocycles. The topological polar surface area (TPSA) is 116 Å². The van der Waals surface area contributed by atoms with E-state index in [9.17, 15) is 23.3 Å². The summed E-state index contributed by atoms with van der Waals surface area (Å²) in [6, 6.07) is 10.1. The number of nitro groups is 1. The Morgan fingerprint density at radius 3 is 2.61 bits per heavy atom. The molecule has 2 aromatic rings. The molecule has 1 aliphatic rings. The summed E-state index contributed by atoms with van der Waals surface area (Å²) in [4.78, 5) is 21.5. The summed E-state index contributed by atoms with van der Waals surface area (Å²) in [6.07, 6.45) is 0.511. The number of aldehydes is 1. The van der Waals surface area contributed by atoms with E-state index < -0.39 is 14.9 Å². The molecule has 1 heterocycles. The number of morpholine rings is 1. The van der Waals surface area contributed by atoms with Crippen LogP contribution in [0.1, 0.15) is 15.9 Å². The SMILES string of the molecule is O=Cc1ccc(OCc2cccc(S(=O)(=O)N3CCOCC3)c2)c([N+](=O)[O-])c1. The molecule has 0 bridgehead atoms. The predicted octanol–water partition coefficient (Wildman–Crippen LogP) is 2.01. The van der Waals surface area contributed by atoms with E-state index in [0.29, 0.717) is 38.2 Å². The summed E-state index contributed by atoms with van der Waals surface area (Å²) < 4.78 is 37.5. The summed E-state index contributed by atoms with van der Waals surface area (Å²) in [5.41, 5.74) is 0.377. The van der Waals surface area contributed by atoms with Gasteiger partial charge in [0, 0.05) is 24.7 Å². The smallest absolute Gasteiger partial charge is 0.311 e. The Bertz CT molecular complexity index is 985. The highest BCUT2D eigenvalue weighted by Crippen LogP contribution is 2.28. The van der Waals surface area contributed by atoms with Gasteiger partial charge in [-0.3, -0.25) is 14.9 Å². The molecule has 9 nitrogen and oxygen atoms in total. The first kappa shape index (κ1) is 19.9. The van der Waals surface area contributed by atoms with Crippen molar-refractivity contribution >= 4 is 22.0 Å². The summed E-state index contributed by atoms with van der Waals surface area (Å²) in [6.45, 7) is 1.22. The molecule has 148 valence electrons. The molecule has 10 heteroatoms. The normalized spacial score (nSPS) is 15.1. The Hall–Kier alpha value is -2.82. The zero-order valence-corrected chi connectivity index (χ0v) is 15.6. The van der Waals surface area contributed by atoms with Crippen molar-refractivity contribution in [2.75, 3.05) is 26.3 Å². The third kappa shape index (κ3) is 4.35. The van der Waals surface area contributed by atoms with E-state index in [1.54, 1.807) is 12.1 Å². The van der Waals surface area contributed by atoms with Gasteiger partial charge in [0.25, 0.3) is 0 Å². The summed E-state index contributed by atoms with van der Waals surface area (Å²) in [5.74, 6) is -0.00274. The Balaban J connectivity index is 1.79. The number of hydrogen-bond donors (Lipinski definition) is 0. The van der Waals surface area contributed by atoms with Gasteiger partial charge < -0.3 is 9.47 Å². The molecule has 28 heavy (non-hydrogen) atoms. The highest BCUT2D eigenvalue weighted by atomic mass is 32.2. The zero-order chi connectivity index (χ0) is 20.1. The molecule has 3 rings (SSSR count). The van der Waals surface area contributed by atoms with E-state index in [1.165, 1.54) is 28.6 Å². The van der Waals surface area contributed by atoms with Gasteiger partial charge in [0.05, 0.1) is 23.0 Å². The summed E-state index contributed by atoms with van der Waals surface area (Å²) >= 11 is 0. The second-order valence-corrected chi connectivity index (χ2v) is 7.99.